The molecule has 0 saturated heterocycles. The topological polar surface area (TPSA) is 55.7 Å². The molecule has 20 rings (SSSR count). The molecule has 0 fully saturated rings. The first-order valence-electron chi connectivity index (χ1n) is 33.1. The van der Waals surface area contributed by atoms with Crippen LogP contribution in [0.5, 0.6) is 23.0 Å². The second-order valence-corrected chi connectivity index (χ2v) is 25.7. The molecule has 456 valence electrons. The van der Waals surface area contributed by atoms with E-state index in [1.165, 1.54) is 44.5 Å². The smallest absolute Gasteiger partial charge is 0.457 e. The van der Waals surface area contributed by atoms with Gasteiger partial charge in [0.05, 0.1) is 21.9 Å². The zero-order valence-corrected chi connectivity index (χ0v) is 57.1. The third-order valence-corrected chi connectivity index (χ3v) is 20.6. The molecular weight excluding hydrogens is 1420 g/mol. The van der Waals surface area contributed by atoms with Crippen molar-refractivity contribution in [1.29, 1.82) is 0 Å². The van der Waals surface area contributed by atoms with Gasteiger partial charge in [-0.25, -0.2) is 11.1 Å². The number of fused-ring (bicyclic) bond motifs is 21. The molecule has 2 aliphatic heterocycles. The van der Waals surface area contributed by atoms with Crippen LogP contribution in [0.2, 0.25) is 0 Å². The van der Waals surface area contributed by atoms with Gasteiger partial charge in [-0.3, -0.25) is 0 Å². The van der Waals surface area contributed by atoms with E-state index < -0.39 is 10.8 Å². The normalized spacial score (nSPS) is 13.3. The van der Waals surface area contributed by atoms with Gasteiger partial charge >= 0.3 is 31.1 Å². The number of hydrogen-bond acceptors (Lipinski definition) is 5. The molecule has 2 aliphatic carbocycles. The second kappa shape index (κ2) is 22.8. The summed E-state index contributed by atoms with van der Waals surface area (Å²) < 4.78 is 21.1. The SMILES string of the molecule is [U+2].[c-]1ccccc1-c1[c-]cccc1-c1ccc(Nc2ccc3c(c2)C2(c4ccc(-c5cccc6c5oc5cccc(Nc7ccc(-c8ccc9c(c8)Oc8ccccc8C98c9ccccc9-c9ccccc98)cc7)c56)cc4O3)c3ccccc3-c3ccccc32)cc1-c1ccccc1. The Labute approximate surface area is 591 Å². The second-order valence-electron chi connectivity index (χ2n) is 25.7. The first kappa shape index (κ1) is 57.8. The van der Waals surface area contributed by atoms with E-state index in [4.69, 9.17) is 13.9 Å². The van der Waals surface area contributed by atoms with Gasteiger partial charge in [-0.1, -0.05) is 218 Å². The minimum atomic E-state index is -0.703. The molecule has 4 aliphatic rings. The number of rotatable bonds is 9. The monoisotopic (exact) mass is 1470 g/mol. The van der Waals surface area contributed by atoms with Crippen LogP contribution in [0.1, 0.15) is 44.5 Å². The van der Waals surface area contributed by atoms with E-state index in [2.05, 4.69) is 332 Å². The van der Waals surface area contributed by atoms with Crippen LogP contribution < -0.4 is 20.1 Å². The minimum absolute atomic E-state index is 0. The maximum atomic E-state index is 7.24. The van der Waals surface area contributed by atoms with Gasteiger partial charge in [0, 0.05) is 50.3 Å². The number of hydrogen-bond donors (Lipinski definition) is 2. The molecule has 5 nitrogen and oxygen atoms in total. The largest absolute Gasteiger partial charge is 2.00 e. The van der Waals surface area contributed by atoms with E-state index >= 15 is 0 Å². The Morgan fingerprint density at radius 2 is 0.816 bits per heavy atom. The molecule has 0 radical (unpaired) electrons. The van der Waals surface area contributed by atoms with Gasteiger partial charge in [0.1, 0.15) is 34.2 Å². The molecule has 15 aromatic carbocycles. The predicted molar refractivity (Wildman–Crippen MR) is 393 cm³/mol. The third kappa shape index (κ3) is 8.65. The van der Waals surface area contributed by atoms with Crippen molar-refractivity contribution in [2.24, 2.45) is 0 Å². The van der Waals surface area contributed by atoms with Crippen LogP contribution in [0.25, 0.3) is 99.8 Å². The first-order chi connectivity index (χ1) is 48.1. The van der Waals surface area contributed by atoms with Gasteiger partial charge in [-0.2, -0.15) is 36.4 Å². The first-order valence-corrected chi connectivity index (χ1v) is 33.1. The minimum Gasteiger partial charge on any atom is -0.457 e. The Balaban J connectivity index is 0.00000673. The summed E-state index contributed by atoms with van der Waals surface area (Å²) in [7, 11) is 0. The molecule has 0 amide bonds. The zero-order chi connectivity index (χ0) is 63.8. The number of ether oxygens (including phenoxy) is 2. The molecule has 0 unspecified atom stereocenters. The maximum absolute atomic E-state index is 7.24. The van der Waals surface area contributed by atoms with E-state index in [1.807, 2.05) is 18.2 Å². The van der Waals surface area contributed by atoms with Gasteiger partial charge in [-0.05, 0) is 145 Å². The van der Waals surface area contributed by atoms with Crippen LogP contribution in [-0.2, 0) is 10.8 Å². The fraction of sp³-hybridized carbons (Fsp3) is 0.0217. The Hall–Kier alpha value is -11.6. The summed E-state index contributed by atoms with van der Waals surface area (Å²) in [5.74, 6) is 3.35. The van der Waals surface area contributed by atoms with Crippen LogP contribution in [0.4, 0.5) is 22.7 Å². The molecule has 6 heteroatoms. The standard InChI is InChI=1S/C92H56N2O3.U/c1-3-21-58(22-4-1)65-25-7-8-26-67(65)68-49-47-63(55-74(68)59-23-5-2-6-24-59)93-64-48-52-85-82(56-64)92(77-35-15-11-29-71(77)72-30-12-16-36-78(72)92)81-51-44-61(54-88(81)96-85)66-31-19-32-73-89-83(38-20-40-86(89)97-90(66)73)94-62-45-41-57(42-46-62)60-43-50-80-87(53-60)95-84-39-18-17-37-79(84)91(80)75-33-13-9-27-69(75)70-28-10-14-34-76(70)91;/h1-21,23-24,26-56,93-94H;/q-2;+2. The van der Waals surface area contributed by atoms with Gasteiger partial charge in [0.15, 0.2) is 0 Å². The quantitative estimate of drug-likeness (QED) is 0.141. The fourth-order valence-corrected chi connectivity index (χ4v) is 16.6. The van der Waals surface area contributed by atoms with Gasteiger partial charge in [0.2, 0.25) is 0 Å². The number of benzene rings is 15. The molecule has 0 atom stereocenters. The Morgan fingerprint density at radius 1 is 0.286 bits per heavy atom. The Morgan fingerprint density at radius 3 is 1.51 bits per heavy atom. The van der Waals surface area contributed by atoms with E-state index in [0.29, 0.717) is 0 Å². The molecule has 16 aromatic rings. The average Bonchev–Trinajstić information content (AvgIpc) is 1.49. The van der Waals surface area contributed by atoms with Crippen LogP contribution >= 0.6 is 0 Å². The molecule has 0 bridgehead atoms. The average molecular weight is 1480 g/mol. The summed E-state index contributed by atoms with van der Waals surface area (Å²) in [4.78, 5) is 0. The van der Waals surface area contributed by atoms with Crippen molar-refractivity contribution in [1.82, 2.24) is 0 Å². The van der Waals surface area contributed by atoms with E-state index in [9.17, 15) is 0 Å². The Bertz CT molecular complexity index is 5820. The summed E-state index contributed by atoms with van der Waals surface area (Å²) in [6.45, 7) is 0. The number of para-hydroxylation sites is 2. The van der Waals surface area contributed by atoms with Gasteiger partial charge in [0.25, 0.3) is 0 Å². The summed E-state index contributed by atoms with van der Waals surface area (Å²) in [5, 5.41) is 9.72. The molecule has 98 heavy (non-hydrogen) atoms. The molecular formula is C92H56N2O3U. The van der Waals surface area contributed by atoms with Crippen LogP contribution in [-0.4, -0.2) is 0 Å². The number of nitrogens with one attached hydrogen (secondary N) is 2. The Kier molecular flexibility index (Phi) is 13.4. The molecule has 2 spiro atoms. The van der Waals surface area contributed by atoms with Crippen molar-refractivity contribution in [3.63, 3.8) is 0 Å². The predicted octanol–water partition coefficient (Wildman–Crippen LogP) is 23.9. The molecule has 2 N–H and O–H groups in total. The maximum Gasteiger partial charge on any atom is 2.00 e. The summed E-state index contributed by atoms with van der Waals surface area (Å²) in [6, 6.07) is 124. The summed E-state index contributed by atoms with van der Waals surface area (Å²) in [6.07, 6.45) is 0. The van der Waals surface area contributed by atoms with Crippen LogP contribution in [0.15, 0.2) is 332 Å². The van der Waals surface area contributed by atoms with Crippen LogP contribution in [0, 0.1) is 43.2 Å². The number of anilines is 4. The van der Waals surface area contributed by atoms with Crippen molar-refractivity contribution in [3.05, 3.63) is 384 Å². The molecule has 1 aromatic heterocycles. The summed E-state index contributed by atoms with van der Waals surface area (Å²) in [5.41, 5.74) is 29.3. The van der Waals surface area contributed by atoms with Gasteiger partial charge in [-0.15, -0.1) is 23.8 Å². The van der Waals surface area contributed by atoms with E-state index in [0.717, 1.165) is 146 Å². The van der Waals surface area contributed by atoms with Crippen LogP contribution in [0.3, 0.4) is 0 Å². The number of furan rings is 1. The molecule has 3 heterocycles. The van der Waals surface area contributed by atoms with E-state index in [-0.39, 0.29) is 31.1 Å². The fourth-order valence-electron chi connectivity index (χ4n) is 16.6. The van der Waals surface area contributed by atoms with Crippen molar-refractivity contribution >= 4 is 44.7 Å². The molecule has 0 saturated carbocycles. The van der Waals surface area contributed by atoms with Crippen molar-refractivity contribution in [2.75, 3.05) is 10.6 Å². The van der Waals surface area contributed by atoms with Gasteiger partial charge < -0.3 is 24.5 Å². The zero-order valence-electron chi connectivity index (χ0n) is 52.9. The van der Waals surface area contributed by atoms with Crippen molar-refractivity contribution < 1.29 is 45.0 Å². The van der Waals surface area contributed by atoms with Crippen molar-refractivity contribution in [2.45, 2.75) is 10.8 Å². The van der Waals surface area contributed by atoms with E-state index in [1.54, 1.807) is 0 Å². The summed E-state index contributed by atoms with van der Waals surface area (Å²) >= 11 is 0. The third-order valence-electron chi connectivity index (χ3n) is 20.6. The van der Waals surface area contributed by atoms with Crippen molar-refractivity contribution in [3.8, 4) is 101 Å².